The number of aldehydes is 1. The number of rotatable bonds is 18. The maximum absolute atomic E-state index is 14.3. The molecular formula is C58H74F2N12O9Si2. The lowest BCUT2D eigenvalue weighted by Crippen LogP contribution is -2.52. The largest absolute Gasteiger partial charge is 0.478 e. The number of carbonyl (C=O) groups is 4. The van der Waals surface area contributed by atoms with Gasteiger partial charge in [-0.25, -0.2) is 43.1 Å². The van der Waals surface area contributed by atoms with Crippen molar-refractivity contribution in [1.29, 1.82) is 0 Å². The molecule has 10 rings (SSSR count). The summed E-state index contributed by atoms with van der Waals surface area (Å²) in [5.41, 5.74) is 4.02. The molecule has 6 aromatic heterocycles. The summed E-state index contributed by atoms with van der Waals surface area (Å²) >= 11 is 0. The standard InChI is InChI=1S/C29H37FN6O5Si.C29H37FN6O4Si/c1-29(2,3)41-28(39)34-13-18(14-34)15-36-23-11-19(30)7-8-20(23)24(33-36)22-12-31-26-25(32-22)21(27(37)38)16-35(26)17-40-9-10-42(4,5)6;1-29(2,3)40-28(38)34-13-19(14-34)15-36-24-11-21(30)7-8-22(24)26(33-36)23-12-31-27-25(32-23)20(17-37)16-35(27)18-39-9-10-41(4,5)6/h7-8,11-12,16,18H,9-10,13-15,17H2,1-6H3,(H,37,38);7-8,11-12,16-17,19H,9-10,13-15,18H2,1-6H3. The quantitative estimate of drug-likeness (QED) is 0.0478. The molecule has 8 heterocycles. The summed E-state index contributed by atoms with van der Waals surface area (Å²) in [5.74, 6) is -1.64. The number of ether oxygens (including phenoxy) is 4. The Bertz CT molecular complexity index is 3730. The number of benzene rings is 2. The third kappa shape index (κ3) is 14.5. The summed E-state index contributed by atoms with van der Waals surface area (Å²) in [6, 6.07) is 11.0. The van der Waals surface area contributed by atoms with Crippen LogP contribution in [0.25, 0.3) is 66.9 Å². The lowest BCUT2D eigenvalue weighted by molar-refractivity contribution is -0.00441. The molecule has 2 aliphatic rings. The van der Waals surface area contributed by atoms with E-state index in [2.05, 4.69) is 54.2 Å². The van der Waals surface area contributed by atoms with Crippen LogP contribution in [0.5, 0.6) is 0 Å². The first-order chi connectivity index (χ1) is 39.0. The van der Waals surface area contributed by atoms with Crippen molar-refractivity contribution in [3.8, 4) is 22.8 Å². The zero-order valence-corrected chi connectivity index (χ0v) is 51.3. The summed E-state index contributed by atoms with van der Waals surface area (Å²) in [6.45, 7) is 29.4. The second-order valence-electron chi connectivity index (χ2n) is 25.9. The summed E-state index contributed by atoms with van der Waals surface area (Å²) < 4.78 is 58.1. The molecule has 21 nitrogen and oxygen atoms in total. The van der Waals surface area contributed by atoms with E-state index in [0.29, 0.717) is 114 Å². The van der Waals surface area contributed by atoms with Gasteiger partial charge in [0.25, 0.3) is 0 Å². The summed E-state index contributed by atoms with van der Waals surface area (Å²) in [4.78, 5) is 70.6. The molecule has 0 spiro atoms. The van der Waals surface area contributed by atoms with Crippen LogP contribution in [0, 0.1) is 23.5 Å². The van der Waals surface area contributed by atoms with Crippen LogP contribution < -0.4 is 0 Å². The van der Waals surface area contributed by atoms with E-state index >= 15 is 0 Å². The third-order valence-corrected chi connectivity index (χ3v) is 17.4. The minimum absolute atomic E-state index is 0.0135. The third-order valence-electron chi connectivity index (χ3n) is 14.0. The number of nitrogens with zero attached hydrogens (tertiary/aromatic N) is 12. The van der Waals surface area contributed by atoms with Crippen LogP contribution in [0.15, 0.2) is 61.2 Å². The first kappa shape index (κ1) is 60.1. The van der Waals surface area contributed by atoms with Gasteiger partial charge in [-0.3, -0.25) is 14.2 Å². The van der Waals surface area contributed by atoms with Gasteiger partial charge in [0, 0.05) is 104 Å². The Morgan fingerprint density at radius 1 is 0.651 bits per heavy atom. The number of aromatic nitrogens is 10. The fourth-order valence-corrected chi connectivity index (χ4v) is 11.2. The Balaban J connectivity index is 0.000000200. The van der Waals surface area contributed by atoms with Crippen molar-refractivity contribution in [2.75, 3.05) is 39.4 Å². The smallest absolute Gasteiger partial charge is 0.410 e. The highest BCUT2D eigenvalue weighted by atomic mass is 28.3. The van der Waals surface area contributed by atoms with Crippen molar-refractivity contribution in [3.05, 3.63) is 83.9 Å². The molecular weight excluding hydrogens is 1100 g/mol. The van der Waals surface area contributed by atoms with E-state index in [4.69, 9.17) is 34.1 Å². The van der Waals surface area contributed by atoms with E-state index in [1.807, 2.05) is 41.5 Å². The molecule has 2 saturated heterocycles. The van der Waals surface area contributed by atoms with Crippen LogP contribution in [-0.2, 0) is 45.5 Å². The number of fused-ring (bicyclic) bond motifs is 4. The maximum Gasteiger partial charge on any atom is 0.410 e. The number of hydrogen-bond donors (Lipinski definition) is 1. The lowest BCUT2D eigenvalue weighted by atomic mass is 10.0. The SMILES string of the molecule is CC(C)(C)OC(=O)N1CC(Cn2nc(-c3cnc4c(n3)c(C(=O)O)cn4COCC[Si](C)(C)C)c3ccc(F)cc32)C1.CC(C)(C)OC(=O)N1CC(Cn2nc(-c3cnc4c(n3)c(C=O)cn4COCC[Si](C)(C)C)c3ccc(F)cc32)C1. The first-order valence-electron chi connectivity index (χ1n) is 27.8. The van der Waals surface area contributed by atoms with E-state index in [0.717, 1.165) is 23.8 Å². The van der Waals surface area contributed by atoms with Crippen LogP contribution in [0.3, 0.4) is 0 Å². The van der Waals surface area contributed by atoms with Gasteiger partial charge in [-0.15, -0.1) is 0 Å². The van der Waals surface area contributed by atoms with E-state index in [-0.39, 0.29) is 54.4 Å². The van der Waals surface area contributed by atoms with Crippen molar-refractivity contribution in [1.82, 2.24) is 58.4 Å². The van der Waals surface area contributed by atoms with Gasteiger partial charge in [0.05, 0.1) is 29.0 Å². The van der Waals surface area contributed by atoms with Crippen LogP contribution in [0.4, 0.5) is 18.4 Å². The highest BCUT2D eigenvalue weighted by Crippen LogP contribution is 2.34. The van der Waals surface area contributed by atoms with Gasteiger partial charge >= 0.3 is 18.2 Å². The van der Waals surface area contributed by atoms with Crippen molar-refractivity contribution >= 4 is 84.7 Å². The van der Waals surface area contributed by atoms with Crippen molar-refractivity contribution in [2.24, 2.45) is 11.8 Å². The molecule has 0 atom stereocenters. The Hall–Kier alpha value is -7.49. The van der Waals surface area contributed by atoms with E-state index in [9.17, 15) is 33.1 Å². The van der Waals surface area contributed by atoms with Gasteiger partial charge in [0.1, 0.15) is 75.7 Å². The normalized spacial score (nSPS) is 14.5. The zero-order chi connectivity index (χ0) is 59.9. The molecule has 2 aliphatic heterocycles. The molecule has 0 radical (unpaired) electrons. The maximum atomic E-state index is 14.3. The molecule has 8 aromatic rings. The molecule has 2 aromatic carbocycles. The van der Waals surface area contributed by atoms with Gasteiger partial charge in [0.15, 0.2) is 17.6 Å². The lowest BCUT2D eigenvalue weighted by Gasteiger charge is -2.39. The molecule has 1 N–H and O–H groups in total. The fraction of sp³-hybridized carbons (Fsp3) is 0.483. The van der Waals surface area contributed by atoms with Gasteiger partial charge in [-0.1, -0.05) is 39.3 Å². The Labute approximate surface area is 481 Å². The number of carbonyl (C=O) groups excluding carboxylic acids is 3. The van der Waals surface area contributed by atoms with E-state index in [1.165, 1.54) is 30.5 Å². The summed E-state index contributed by atoms with van der Waals surface area (Å²) in [7, 11) is -2.49. The Morgan fingerprint density at radius 3 is 1.48 bits per heavy atom. The molecule has 442 valence electrons. The van der Waals surface area contributed by atoms with Crippen LogP contribution in [0.2, 0.25) is 51.4 Å². The number of carboxylic acid groups (broad SMARTS) is 1. The van der Waals surface area contributed by atoms with Crippen LogP contribution in [0.1, 0.15) is 62.3 Å². The van der Waals surface area contributed by atoms with Crippen LogP contribution in [-0.4, -0.2) is 155 Å². The predicted molar refractivity (Wildman–Crippen MR) is 316 cm³/mol. The van der Waals surface area contributed by atoms with Crippen molar-refractivity contribution < 1.29 is 52.0 Å². The average molecular weight is 1180 g/mol. The minimum Gasteiger partial charge on any atom is -0.478 e. The Morgan fingerprint density at radius 2 is 1.07 bits per heavy atom. The predicted octanol–water partition coefficient (Wildman–Crippen LogP) is 11.0. The fourth-order valence-electron chi connectivity index (χ4n) is 9.64. The average Bonchev–Trinajstić information content (AvgIpc) is 3.76. The van der Waals surface area contributed by atoms with Crippen molar-refractivity contribution in [2.45, 2.75) is 131 Å². The second-order valence-corrected chi connectivity index (χ2v) is 37.2. The second kappa shape index (κ2) is 23.6. The number of amides is 2. The van der Waals surface area contributed by atoms with Crippen LogP contribution >= 0.6 is 0 Å². The molecule has 0 unspecified atom stereocenters. The summed E-state index contributed by atoms with van der Waals surface area (Å²) in [6.07, 6.45) is 6.43. The Kier molecular flexibility index (Phi) is 17.1. The number of hydrogen-bond acceptors (Lipinski definition) is 14. The molecule has 0 aliphatic carbocycles. The molecule has 25 heteroatoms. The monoisotopic (exact) mass is 1180 g/mol. The zero-order valence-electron chi connectivity index (χ0n) is 49.3. The summed E-state index contributed by atoms with van der Waals surface area (Å²) in [5, 5.41) is 20.8. The van der Waals surface area contributed by atoms with Gasteiger partial charge in [-0.05, 0) is 90.0 Å². The number of aromatic carboxylic acids is 1. The molecule has 0 saturated carbocycles. The van der Waals surface area contributed by atoms with E-state index in [1.54, 1.807) is 59.0 Å². The topological polar surface area (TPSA) is 229 Å². The highest BCUT2D eigenvalue weighted by Gasteiger charge is 2.36. The van der Waals surface area contributed by atoms with Gasteiger partial charge < -0.3 is 43.0 Å². The number of carboxylic acids is 1. The molecule has 2 fully saturated rings. The highest BCUT2D eigenvalue weighted by molar-refractivity contribution is 6.76. The number of likely N-dealkylation sites (tertiary alicyclic amines) is 2. The molecule has 0 bridgehead atoms. The van der Waals surface area contributed by atoms with E-state index < -0.39 is 39.1 Å². The van der Waals surface area contributed by atoms with Crippen molar-refractivity contribution in [3.63, 3.8) is 0 Å². The number of halogens is 2. The minimum atomic E-state index is -1.27. The van der Waals surface area contributed by atoms with Gasteiger partial charge in [0.2, 0.25) is 0 Å². The molecule has 2 amide bonds. The first-order valence-corrected chi connectivity index (χ1v) is 35.3. The molecule has 83 heavy (non-hydrogen) atoms. The van der Waals surface area contributed by atoms with Gasteiger partial charge in [-0.2, -0.15) is 10.2 Å².